The SMILES string of the molecule is Cc1cc(NC(=S)NC(C)c2ccc(F)cc2)ccc1C(N)=O. The van der Waals surface area contributed by atoms with Crippen molar-refractivity contribution in [3.8, 4) is 0 Å². The van der Waals surface area contributed by atoms with Gasteiger partial charge in [-0.2, -0.15) is 0 Å². The number of carbonyl (C=O) groups is 1. The second-order valence-corrected chi connectivity index (χ2v) is 5.67. The molecule has 2 rings (SSSR count). The molecule has 1 atom stereocenters. The van der Waals surface area contributed by atoms with Crippen LogP contribution in [0.15, 0.2) is 42.5 Å². The number of benzene rings is 2. The summed E-state index contributed by atoms with van der Waals surface area (Å²) in [6.45, 7) is 3.74. The molecule has 0 heterocycles. The number of hydrogen-bond acceptors (Lipinski definition) is 2. The zero-order valence-electron chi connectivity index (χ0n) is 12.9. The van der Waals surface area contributed by atoms with E-state index >= 15 is 0 Å². The van der Waals surface area contributed by atoms with E-state index in [1.54, 1.807) is 30.3 Å². The van der Waals surface area contributed by atoms with E-state index < -0.39 is 5.91 Å². The van der Waals surface area contributed by atoms with Crippen LogP contribution < -0.4 is 16.4 Å². The zero-order chi connectivity index (χ0) is 17.0. The van der Waals surface area contributed by atoms with Crippen molar-refractivity contribution in [2.75, 3.05) is 5.32 Å². The predicted molar refractivity (Wildman–Crippen MR) is 93.9 cm³/mol. The van der Waals surface area contributed by atoms with Gasteiger partial charge in [0.1, 0.15) is 5.82 Å². The number of amides is 1. The van der Waals surface area contributed by atoms with Gasteiger partial charge >= 0.3 is 0 Å². The van der Waals surface area contributed by atoms with Crippen molar-refractivity contribution in [1.82, 2.24) is 5.32 Å². The highest BCUT2D eigenvalue weighted by Gasteiger charge is 2.09. The summed E-state index contributed by atoms with van der Waals surface area (Å²) in [4.78, 5) is 11.2. The molecule has 2 aromatic carbocycles. The van der Waals surface area contributed by atoms with Gasteiger partial charge in [0, 0.05) is 11.3 Å². The van der Waals surface area contributed by atoms with Crippen molar-refractivity contribution in [3.63, 3.8) is 0 Å². The van der Waals surface area contributed by atoms with Crippen LogP contribution in [0.25, 0.3) is 0 Å². The van der Waals surface area contributed by atoms with E-state index in [1.165, 1.54) is 12.1 Å². The Labute approximate surface area is 139 Å². The molecule has 0 saturated carbocycles. The number of rotatable bonds is 4. The maximum Gasteiger partial charge on any atom is 0.248 e. The van der Waals surface area contributed by atoms with E-state index in [-0.39, 0.29) is 11.9 Å². The van der Waals surface area contributed by atoms with E-state index in [2.05, 4.69) is 10.6 Å². The molecule has 4 N–H and O–H groups in total. The Morgan fingerprint density at radius 3 is 2.43 bits per heavy atom. The highest BCUT2D eigenvalue weighted by molar-refractivity contribution is 7.80. The zero-order valence-corrected chi connectivity index (χ0v) is 13.7. The summed E-state index contributed by atoms with van der Waals surface area (Å²) < 4.78 is 12.9. The largest absolute Gasteiger partial charge is 0.366 e. The highest BCUT2D eigenvalue weighted by Crippen LogP contribution is 2.16. The van der Waals surface area contributed by atoms with Gasteiger partial charge in [0.2, 0.25) is 5.91 Å². The van der Waals surface area contributed by atoms with E-state index in [4.69, 9.17) is 18.0 Å². The number of aryl methyl sites for hydroxylation is 1. The maximum atomic E-state index is 12.9. The van der Waals surface area contributed by atoms with Crippen LogP contribution >= 0.6 is 12.2 Å². The Kier molecular flexibility index (Phi) is 5.28. The van der Waals surface area contributed by atoms with Gasteiger partial charge in [-0.1, -0.05) is 12.1 Å². The first-order valence-corrected chi connectivity index (χ1v) is 7.51. The van der Waals surface area contributed by atoms with E-state index in [1.807, 2.05) is 13.8 Å². The van der Waals surface area contributed by atoms with Crippen LogP contribution in [0.5, 0.6) is 0 Å². The van der Waals surface area contributed by atoms with E-state index in [9.17, 15) is 9.18 Å². The Morgan fingerprint density at radius 2 is 1.87 bits per heavy atom. The van der Waals surface area contributed by atoms with Gasteiger partial charge in [-0.3, -0.25) is 4.79 Å². The van der Waals surface area contributed by atoms with Crippen LogP contribution in [-0.4, -0.2) is 11.0 Å². The molecule has 1 unspecified atom stereocenters. The van der Waals surface area contributed by atoms with Gasteiger partial charge in [-0.25, -0.2) is 4.39 Å². The molecular formula is C17H18FN3OS. The maximum absolute atomic E-state index is 12.9. The Morgan fingerprint density at radius 1 is 1.22 bits per heavy atom. The standard InChI is InChI=1S/C17H18FN3OS/c1-10-9-14(7-8-15(10)16(19)22)21-17(23)20-11(2)12-3-5-13(18)6-4-12/h3-9,11H,1-2H3,(H2,19,22)(H2,20,21,23). The lowest BCUT2D eigenvalue weighted by atomic mass is 10.1. The lowest BCUT2D eigenvalue weighted by Crippen LogP contribution is -2.31. The second kappa shape index (κ2) is 7.19. The lowest BCUT2D eigenvalue weighted by Gasteiger charge is -2.18. The van der Waals surface area contributed by atoms with Gasteiger partial charge in [0.05, 0.1) is 6.04 Å². The van der Waals surface area contributed by atoms with Crippen LogP contribution in [0, 0.1) is 12.7 Å². The predicted octanol–water partition coefficient (Wildman–Crippen LogP) is 3.28. The van der Waals surface area contributed by atoms with Gasteiger partial charge in [-0.05, 0) is 67.5 Å². The number of carbonyl (C=O) groups excluding carboxylic acids is 1. The summed E-state index contributed by atoms with van der Waals surface area (Å²) in [5.41, 5.74) is 8.23. The minimum absolute atomic E-state index is 0.0680. The average Bonchev–Trinajstić information content (AvgIpc) is 2.47. The molecule has 0 bridgehead atoms. The number of hydrogen-bond donors (Lipinski definition) is 3. The molecule has 4 nitrogen and oxygen atoms in total. The fraction of sp³-hybridized carbons (Fsp3) is 0.176. The third-order valence-electron chi connectivity index (χ3n) is 3.47. The molecule has 1 amide bonds. The topological polar surface area (TPSA) is 67.2 Å². The van der Waals surface area contributed by atoms with Gasteiger partial charge in [-0.15, -0.1) is 0 Å². The van der Waals surface area contributed by atoms with Crippen LogP contribution in [0.3, 0.4) is 0 Å². The fourth-order valence-corrected chi connectivity index (χ4v) is 2.51. The fourth-order valence-electron chi connectivity index (χ4n) is 2.22. The molecule has 2 aromatic rings. The summed E-state index contributed by atoms with van der Waals surface area (Å²) >= 11 is 5.28. The normalized spacial score (nSPS) is 11.6. The van der Waals surface area contributed by atoms with Gasteiger partial charge in [0.25, 0.3) is 0 Å². The molecule has 0 radical (unpaired) electrons. The molecule has 0 aliphatic carbocycles. The smallest absolute Gasteiger partial charge is 0.248 e. The Hall–Kier alpha value is -2.47. The molecule has 0 aliphatic heterocycles. The number of nitrogens with one attached hydrogen (secondary N) is 2. The molecule has 0 saturated heterocycles. The van der Waals surface area contributed by atoms with Crippen LogP contribution in [0.1, 0.15) is 34.5 Å². The van der Waals surface area contributed by atoms with E-state index in [0.29, 0.717) is 10.7 Å². The highest BCUT2D eigenvalue weighted by atomic mass is 32.1. The van der Waals surface area contributed by atoms with Crippen molar-refractivity contribution in [2.45, 2.75) is 19.9 Å². The average molecular weight is 331 g/mol. The molecule has 0 aromatic heterocycles. The molecule has 0 fully saturated rings. The van der Waals surface area contributed by atoms with E-state index in [0.717, 1.165) is 16.8 Å². The van der Waals surface area contributed by atoms with Crippen LogP contribution in [0.2, 0.25) is 0 Å². The number of primary amides is 1. The molecule has 6 heteroatoms. The van der Waals surface area contributed by atoms with Crippen LogP contribution in [0.4, 0.5) is 10.1 Å². The number of halogens is 1. The number of anilines is 1. The number of thiocarbonyl (C=S) groups is 1. The first-order chi connectivity index (χ1) is 10.9. The minimum atomic E-state index is -0.459. The monoisotopic (exact) mass is 331 g/mol. The summed E-state index contributed by atoms with van der Waals surface area (Å²) in [6.07, 6.45) is 0. The van der Waals surface area contributed by atoms with Crippen molar-refractivity contribution in [1.29, 1.82) is 0 Å². The quantitative estimate of drug-likeness (QED) is 0.752. The Bertz CT molecular complexity index is 731. The molecule has 23 heavy (non-hydrogen) atoms. The number of nitrogens with two attached hydrogens (primary N) is 1. The van der Waals surface area contributed by atoms with Crippen molar-refractivity contribution in [3.05, 3.63) is 65.0 Å². The van der Waals surface area contributed by atoms with Crippen molar-refractivity contribution < 1.29 is 9.18 Å². The molecule has 120 valence electrons. The summed E-state index contributed by atoms with van der Waals surface area (Å²) in [5, 5.41) is 6.62. The third-order valence-corrected chi connectivity index (χ3v) is 3.69. The molecule has 0 aliphatic rings. The van der Waals surface area contributed by atoms with Crippen LogP contribution in [-0.2, 0) is 0 Å². The summed E-state index contributed by atoms with van der Waals surface area (Å²) in [6, 6.07) is 11.4. The minimum Gasteiger partial charge on any atom is -0.366 e. The third kappa shape index (κ3) is 4.50. The lowest BCUT2D eigenvalue weighted by molar-refractivity contribution is 0.1000. The summed E-state index contributed by atoms with van der Waals surface area (Å²) in [5.74, 6) is -0.730. The first-order valence-electron chi connectivity index (χ1n) is 7.10. The molecule has 0 spiro atoms. The second-order valence-electron chi connectivity index (χ2n) is 5.27. The van der Waals surface area contributed by atoms with Gasteiger partial charge in [0.15, 0.2) is 5.11 Å². The van der Waals surface area contributed by atoms with Crippen molar-refractivity contribution >= 4 is 28.9 Å². The summed E-state index contributed by atoms with van der Waals surface area (Å²) in [7, 11) is 0. The van der Waals surface area contributed by atoms with Gasteiger partial charge < -0.3 is 16.4 Å². The molecular weight excluding hydrogens is 313 g/mol. The van der Waals surface area contributed by atoms with Crippen molar-refractivity contribution in [2.24, 2.45) is 5.73 Å². The first kappa shape index (κ1) is 16.9. The Balaban J connectivity index is 2.00.